The van der Waals surface area contributed by atoms with Gasteiger partial charge in [-0.15, -0.1) is 0 Å². The third-order valence-electron chi connectivity index (χ3n) is 5.43. The van der Waals surface area contributed by atoms with E-state index in [1.807, 2.05) is 17.0 Å². The molecule has 1 saturated heterocycles. The molecule has 11 heteroatoms. The Labute approximate surface area is 189 Å². The van der Waals surface area contributed by atoms with Crippen LogP contribution in [-0.4, -0.2) is 61.4 Å². The Morgan fingerprint density at radius 2 is 1.53 bits per heavy atom. The van der Waals surface area contributed by atoms with Crippen molar-refractivity contribution in [2.24, 2.45) is 5.92 Å². The van der Waals surface area contributed by atoms with Crippen LogP contribution >= 0.6 is 0 Å². The number of hydrogen-bond donors (Lipinski definition) is 1. The van der Waals surface area contributed by atoms with Crippen LogP contribution in [0.5, 0.6) is 0 Å². The number of benzene rings is 2. The minimum Gasteiger partial charge on any atom is -0.469 e. The van der Waals surface area contributed by atoms with E-state index in [4.69, 9.17) is 4.74 Å². The van der Waals surface area contributed by atoms with Gasteiger partial charge in [-0.05, 0) is 49.2 Å². The molecule has 0 bridgehead atoms. The molecule has 1 heterocycles. The lowest BCUT2D eigenvalue weighted by molar-refractivity contribution is -0.146. The molecule has 0 spiro atoms. The third-order valence-corrected chi connectivity index (χ3v) is 8.64. The maximum atomic E-state index is 13.0. The smallest absolute Gasteiger partial charge is 0.308 e. The molecule has 1 aliphatic heterocycles. The lowest BCUT2D eigenvalue weighted by Gasteiger charge is -2.33. The predicted molar refractivity (Wildman–Crippen MR) is 122 cm³/mol. The van der Waals surface area contributed by atoms with Gasteiger partial charge in [0.1, 0.15) is 0 Å². The number of methoxy groups -OCH3 is 1. The Hall–Kier alpha value is -2.63. The molecule has 2 aromatic rings. The summed E-state index contributed by atoms with van der Waals surface area (Å²) in [5.74, 6) is -0.379. The summed E-state index contributed by atoms with van der Waals surface area (Å²) in [5, 5.41) is 0. The molecule has 1 aliphatic rings. The first-order chi connectivity index (χ1) is 15.1. The number of hydrogen-bond acceptors (Lipinski definition) is 7. The number of esters is 1. The second-order valence-corrected chi connectivity index (χ2v) is 11.5. The molecular formula is C21H27N3O6S2. The quantitative estimate of drug-likeness (QED) is 0.603. The first-order valence-corrected chi connectivity index (χ1v) is 13.0. The monoisotopic (exact) mass is 481 g/mol. The van der Waals surface area contributed by atoms with Crippen molar-refractivity contribution in [2.45, 2.75) is 22.6 Å². The maximum absolute atomic E-state index is 13.0. The molecule has 1 N–H and O–H groups in total. The summed E-state index contributed by atoms with van der Waals surface area (Å²) >= 11 is 0. The number of sulfonamides is 2. The van der Waals surface area contributed by atoms with E-state index in [-0.39, 0.29) is 21.7 Å². The topological polar surface area (TPSA) is 113 Å². The fraction of sp³-hybridized carbons (Fsp3) is 0.381. The van der Waals surface area contributed by atoms with Crippen LogP contribution in [0.4, 0.5) is 11.4 Å². The molecule has 0 aliphatic carbocycles. The fourth-order valence-electron chi connectivity index (χ4n) is 3.56. The van der Waals surface area contributed by atoms with E-state index in [9.17, 15) is 21.6 Å². The van der Waals surface area contributed by atoms with Crippen LogP contribution in [0.15, 0.2) is 58.3 Å². The summed E-state index contributed by atoms with van der Waals surface area (Å²) in [4.78, 5) is 13.8. The van der Waals surface area contributed by atoms with E-state index in [1.54, 1.807) is 12.1 Å². The average Bonchev–Trinajstić information content (AvgIpc) is 2.79. The fourth-order valence-corrected chi connectivity index (χ4v) is 5.54. The van der Waals surface area contributed by atoms with Crippen LogP contribution in [0, 0.1) is 5.92 Å². The van der Waals surface area contributed by atoms with Gasteiger partial charge in [0.25, 0.3) is 10.0 Å². The standard InChI is InChI=1S/C21H27N3O6S2/c1-23(2)32(28,29)18-10-8-17(9-11-18)31(26,27)22-19-6-4-5-7-20(19)24-14-12-16(13-15-24)21(25)30-3/h4-11,16,22H,12-15H2,1-3H3. The van der Waals surface area contributed by atoms with Gasteiger partial charge >= 0.3 is 5.97 Å². The predicted octanol–water partition coefficient (Wildman–Crippen LogP) is 2.13. The average molecular weight is 482 g/mol. The number of ether oxygens (including phenoxy) is 1. The molecule has 2 aromatic carbocycles. The summed E-state index contributed by atoms with van der Waals surface area (Å²) in [6.07, 6.45) is 1.24. The van der Waals surface area contributed by atoms with E-state index in [0.717, 1.165) is 4.31 Å². The highest BCUT2D eigenvalue weighted by Crippen LogP contribution is 2.31. The zero-order valence-electron chi connectivity index (χ0n) is 18.2. The van der Waals surface area contributed by atoms with Crippen molar-refractivity contribution in [1.82, 2.24) is 4.31 Å². The minimum absolute atomic E-state index is 0.00956. The van der Waals surface area contributed by atoms with Gasteiger partial charge in [0, 0.05) is 27.2 Å². The Morgan fingerprint density at radius 3 is 2.09 bits per heavy atom. The number of piperidine rings is 1. The van der Waals surface area contributed by atoms with Crippen molar-refractivity contribution < 1.29 is 26.4 Å². The molecule has 3 rings (SSSR count). The van der Waals surface area contributed by atoms with Crippen molar-refractivity contribution in [3.05, 3.63) is 48.5 Å². The SMILES string of the molecule is COC(=O)C1CCN(c2ccccc2NS(=O)(=O)c2ccc(S(=O)(=O)N(C)C)cc2)CC1. The van der Waals surface area contributed by atoms with Gasteiger partial charge < -0.3 is 9.64 Å². The van der Waals surface area contributed by atoms with Crippen LogP contribution in [0.1, 0.15) is 12.8 Å². The zero-order chi connectivity index (χ0) is 23.5. The molecular weight excluding hydrogens is 454 g/mol. The molecule has 1 fully saturated rings. The number of nitrogens with one attached hydrogen (secondary N) is 1. The minimum atomic E-state index is -3.94. The highest BCUT2D eigenvalue weighted by Gasteiger charge is 2.27. The van der Waals surface area contributed by atoms with Crippen molar-refractivity contribution in [1.29, 1.82) is 0 Å². The summed E-state index contributed by atoms with van der Waals surface area (Å²) in [6.45, 7) is 1.19. The van der Waals surface area contributed by atoms with E-state index >= 15 is 0 Å². The van der Waals surface area contributed by atoms with Gasteiger partial charge in [0.2, 0.25) is 10.0 Å². The first-order valence-electron chi connectivity index (χ1n) is 10.0. The van der Waals surface area contributed by atoms with Gasteiger partial charge in [-0.25, -0.2) is 21.1 Å². The van der Waals surface area contributed by atoms with Crippen LogP contribution in [0.2, 0.25) is 0 Å². The number of anilines is 2. The molecule has 174 valence electrons. The van der Waals surface area contributed by atoms with Crippen molar-refractivity contribution in [3.63, 3.8) is 0 Å². The number of carbonyl (C=O) groups excluding carboxylic acids is 1. The van der Waals surface area contributed by atoms with Gasteiger partial charge in [0.05, 0.1) is 34.2 Å². The number of para-hydroxylation sites is 2. The van der Waals surface area contributed by atoms with Gasteiger partial charge in [-0.2, -0.15) is 0 Å². The molecule has 9 nitrogen and oxygen atoms in total. The molecule has 0 aromatic heterocycles. The number of nitrogens with zero attached hydrogens (tertiary/aromatic N) is 2. The molecule has 32 heavy (non-hydrogen) atoms. The van der Waals surface area contributed by atoms with E-state index in [2.05, 4.69) is 4.72 Å². The van der Waals surface area contributed by atoms with Crippen molar-refractivity contribution in [2.75, 3.05) is 43.9 Å². The maximum Gasteiger partial charge on any atom is 0.308 e. The normalized spacial score (nSPS) is 15.6. The lowest BCUT2D eigenvalue weighted by atomic mass is 9.96. The number of carbonyl (C=O) groups is 1. The second kappa shape index (κ2) is 9.47. The van der Waals surface area contributed by atoms with Crippen molar-refractivity contribution >= 4 is 37.4 Å². The Kier molecular flexibility index (Phi) is 7.11. The number of rotatable bonds is 7. The Bertz CT molecular complexity index is 1170. The van der Waals surface area contributed by atoms with Gasteiger partial charge in [-0.3, -0.25) is 9.52 Å². The summed E-state index contributed by atoms with van der Waals surface area (Å²) in [5.41, 5.74) is 1.13. The van der Waals surface area contributed by atoms with E-state index in [1.165, 1.54) is 45.5 Å². The van der Waals surface area contributed by atoms with Crippen LogP contribution in [-0.2, 0) is 29.6 Å². The molecule has 0 amide bonds. The highest BCUT2D eigenvalue weighted by molar-refractivity contribution is 7.92. The third kappa shape index (κ3) is 5.05. The van der Waals surface area contributed by atoms with Crippen LogP contribution < -0.4 is 9.62 Å². The lowest BCUT2D eigenvalue weighted by Crippen LogP contribution is -2.37. The van der Waals surface area contributed by atoms with Gasteiger partial charge in [0.15, 0.2) is 0 Å². The summed E-state index contributed by atoms with van der Waals surface area (Å²) in [7, 11) is -3.40. The Balaban J connectivity index is 1.80. The second-order valence-electron chi connectivity index (χ2n) is 7.67. The van der Waals surface area contributed by atoms with E-state index in [0.29, 0.717) is 37.3 Å². The summed E-state index contributed by atoms with van der Waals surface area (Å²) in [6, 6.07) is 12.1. The largest absolute Gasteiger partial charge is 0.469 e. The van der Waals surface area contributed by atoms with Gasteiger partial charge in [-0.1, -0.05) is 12.1 Å². The molecule has 0 saturated carbocycles. The first kappa shape index (κ1) is 24.0. The van der Waals surface area contributed by atoms with Crippen LogP contribution in [0.3, 0.4) is 0 Å². The van der Waals surface area contributed by atoms with Crippen molar-refractivity contribution in [3.8, 4) is 0 Å². The van der Waals surface area contributed by atoms with Crippen LogP contribution in [0.25, 0.3) is 0 Å². The zero-order valence-corrected chi connectivity index (χ0v) is 19.8. The molecule has 0 unspecified atom stereocenters. The molecule has 0 atom stereocenters. The molecule has 0 radical (unpaired) electrons. The highest BCUT2D eigenvalue weighted by atomic mass is 32.2. The van der Waals surface area contributed by atoms with E-state index < -0.39 is 20.0 Å². The Morgan fingerprint density at radius 1 is 0.969 bits per heavy atom. The summed E-state index contributed by atoms with van der Waals surface area (Å²) < 4.78 is 58.8.